The van der Waals surface area contributed by atoms with E-state index in [9.17, 15) is 10.1 Å². The van der Waals surface area contributed by atoms with E-state index in [1.54, 1.807) is 12.1 Å². The number of nitro groups is 1. The van der Waals surface area contributed by atoms with Crippen LogP contribution in [0.15, 0.2) is 48.5 Å². The van der Waals surface area contributed by atoms with Gasteiger partial charge in [0, 0.05) is 42.5 Å². The molecule has 7 heteroatoms. The Morgan fingerprint density at radius 3 is 2.36 bits per heavy atom. The lowest BCUT2D eigenvalue weighted by Crippen LogP contribution is -2.21. The molecule has 0 aliphatic rings. The molecule has 2 N–H and O–H groups in total. The quantitative estimate of drug-likeness (QED) is 0.455. The molecule has 0 radical (unpaired) electrons. The summed E-state index contributed by atoms with van der Waals surface area (Å²) in [6.45, 7) is 2.20. The van der Waals surface area contributed by atoms with Crippen LogP contribution in [0.5, 0.6) is 0 Å². The van der Waals surface area contributed by atoms with E-state index in [1.807, 2.05) is 24.3 Å². The van der Waals surface area contributed by atoms with E-state index >= 15 is 0 Å². The molecule has 2 aromatic rings. The van der Waals surface area contributed by atoms with Crippen LogP contribution in [0.25, 0.3) is 0 Å². The molecule has 118 valence electrons. The Hall–Kier alpha value is -1.82. The van der Waals surface area contributed by atoms with Crippen molar-refractivity contribution in [2.24, 2.45) is 0 Å². The van der Waals surface area contributed by atoms with Crippen LogP contribution in [0.2, 0.25) is 5.02 Å². The third kappa shape index (κ3) is 5.52. The predicted molar refractivity (Wildman–Crippen MR) is 92.0 cm³/mol. The molecule has 0 bridgehead atoms. The third-order valence-corrected chi connectivity index (χ3v) is 3.35. The minimum absolute atomic E-state index is 0. The Bertz CT molecular complexity index is 606. The van der Waals surface area contributed by atoms with Crippen molar-refractivity contribution in [1.82, 2.24) is 5.32 Å². The van der Waals surface area contributed by atoms with Crippen LogP contribution in [0, 0.1) is 10.1 Å². The van der Waals surface area contributed by atoms with Gasteiger partial charge in [0.15, 0.2) is 0 Å². The van der Waals surface area contributed by atoms with Crippen LogP contribution >= 0.6 is 24.0 Å². The van der Waals surface area contributed by atoms with Crippen molar-refractivity contribution in [3.63, 3.8) is 0 Å². The van der Waals surface area contributed by atoms with Gasteiger partial charge in [-0.15, -0.1) is 12.4 Å². The average molecular weight is 342 g/mol. The van der Waals surface area contributed by atoms with Crippen LogP contribution in [0.1, 0.15) is 5.56 Å². The number of benzene rings is 2. The molecule has 2 rings (SSSR count). The van der Waals surface area contributed by atoms with Crippen LogP contribution in [0.3, 0.4) is 0 Å². The van der Waals surface area contributed by atoms with Crippen LogP contribution in [-0.2, 0) is 6.54 Å². The Morgan fingerprint density at radius 2 is 1.73 bits per heavy atom. The zero-order chi connectivity index (χ0) is 15.1. The molecule has 0 aliphatic carbocycles. The summed E-state index contributed by atoms with van der Waals surface area (Å²) in [7, 11) is 0. The molecule has 2 aromatic carbocycles. The van der Waals surface area contributed by atoms with Gasteiger partial charge < -0.3 is 10.6 Å². The van der Waals surface area contributed by atoms with Gasteiger partial charge in [-0.05, 0) is 23.8 Å². The fourth-order valence-electron chi connectivity index (χ4n) is 1.86. The zero-order valence-corrected chi connectivity index (χ0v) is 13.4. The van der Waals surface area contributed by atoms with Crippen molar-refractivity contribution in [3.8, 4) is 0 Å². The normalized spacial score (nSPS) is 9.86. The molecule has 0 unspecified atom stereocenters. The van der Waals surface area contributed by atoms with Crippen molar-refractivity contribution in [2.75, 3.05) is 18.4 Å². The Labute approximate surface area is 140 Å². The van der Waals surface area contributed by atoms with Gasteiger partial charge in [-0.1, -0.05) is 29.8 Å². The van der Waals surface area contributed by atoms with Crippen molar-refractivity contribution >= 4 is 35.4 Å². The van der Waals surface area contributed by atoms with E-state index in [4.69, 9.17) is 11.6 Å². The van der Waals surface area contributed by atoms with Gasteiger partial charge in [0.2, 0.25) is 0 Å². The molecule has 0 aromatic heterocycles. The zero-order valence-electron chi connectivity index (χ0n) is 11.8. The third-order valence-electron chi connectivity index (χ3n) is 2.98. The summed E-state index contributed by atoms with van der Waals surface area (Å²) >= 11 is 6.06. The molecule has 0 fully saturated rings. The number of nitrogens with zero attached hydrogens (tertiary/aromatic N) is 1. The summed E-state index contributed by atoms with van der Waals surface area (Å²) in [4.78, 5) is 10.1. The molecular formula is C15H17Cl2N3O2. The van der Waals surface area contributed by atoms with Crippen LogP contribution in [-0.4, -0.2) is 18.0 Å². The molecule has 22 heavy (non-hydrogen) atoms. The molecule has 0 saturated carbocycles. The molecule has 5 nitrogen and oxygen atoms in total. The van der Waals surface area contributed by atoms with Crippen LogP contribution < -0.4 is 10.6 Å². The van der Waals surface area contributed by atoms with E-state index in [2.05, 4.69) is 10.6 Å². The number of halogens is 2. The van der Waals surface area contributed by atoms with Crippen molar-refractivity contribution in [1.29, 1.82) is 0 Å². The highest BCUT2D eigenvalue weighted by atomic mass is 35.5. The van der Waals surface area contributed by atoms with E-state index < -0.39 is 4.92 Å². The molecule has 0 saturated heterocycles. The monoisotopic (exact) mass is 341 g/mol. The van der Waals surface area contributed by atoms with Gasteiger partial charge in [-0.25, -0.2) is 0 Å². The summed E-state index contributed by atoms with van der Waals surface area (Å²) in [5.74, 6) is 0. The van der Waals surface area contributed by atoms with Gasteiger partial charge in [0.25, 0.3) is 5.69 Å². The summed E-state index contributed by atoms with van der Waals surface area (Å²) < 4.78 is 0. The van der Waals surface area contributed by atoms with Gasteiger partial charge in [-0.2, -0.15) is 0 Å². The molecule has 0 spiro atoms. The van der Waals surface area contributed by atoms with Crippen LogP contribution in [0.4, 0.5) is 11.4 Å². The number of nitro benzene ring substituents is 1. The second-order valence-corrected chi connectivity index (χ2v) is 4.91. The van der Waals surface area contributed by atoms with Crippen molar-refractivity contribution in [2.45, 2.75) is 6.54 Å². The minimum Gasteiger partial charge on any atom is -0.384 e. The maximum atomic E-state index is 10.5. The first-order valence-corrected chi connectivity index (χ1v) is 6.97. The number of non-ortho nitro benzene ring substituents is 1. The Morgan fingerprint density at radius 1 is 1.05 bits per heavy atom. The maximum absolute atomic E-state index is 10.5. The molecule has 0 amide bonds. The van der Waals surface area contributed by atoms with E-state index in [0.717, 1.165) is 29.4 Å². The standard InChI is InChI=1S/C15H16ClN3O2.ClH/c16-15-4-2-1-3-12(15)11-17-9-10-18-13-5-7-14(8-6-13)19(20)21;/h1-8,17-18H,9-11H2;1H. The second-order valence-electron chi connectivity index (χ2n) is 4.50. The number of hydrogen-bond acceptors (Lipinski definition) is 4. The first-order valence-electron chi connectivity index (χ1n) is 6.59. The van der Waals surface area contributed by atoms with E-state index in [0.29, 0.717) is 6.54 Å². The van der Waals surface area contributed by atoms with Gasteiger partial charge in [-0.3, -0.25) is 10.1 Å². The smallest absolute Gasteiger partial charge is 0.269 e. The average Bonchev–Trinajstić information content (AvgIpc) is 2.49. The van der Waals surface area contributed by atoms with Gasteiger partial charge >= 0.3 is 0 Å². The number of nitrogens with one attached hydrogen (secondary N) is 2. The fraction of sp³-hybridized carbons (Fsp3) is 0.200. The lowest BCUT2D eigenvalue weighted by Gasteiger charge is -2.08. The first-order chi connectivity index (χ1) is 10.2. The highest BCUT2D eigenvalue weighted by Crippen LogP contribution is 2.15. The fourth-order valence-corrected chi connectivity index (χ4v) is 2.06. The maximum Gasteiger partial charge on any atom is 0.269 e. The minimum atomic E-state index is -0.408. The van der Waals surface area contributed by atoms with Gasteiger partial charge in [0.1, 0.15) is 0 Å². The van der Waals surface area contributed by atoms with Crippen molar-refractivity contribution in [3.05, 3.63) is 69.2 Å². The van der Waals surface area contributed by atoms with E-state index in [1.165, 1.54) is 12.1 Å². The lowest BCUT2D eigenvalue weighted by molar-refractivity contribution is -0.384. The molecular weight excluding hydrogens is 325 g/mol. The summed E-state index contributed by atoms with van der Waals surface area (Å²) in [5.41, 5.74) is 2.02. The number of rotatable bonds is 7. The summed E-state index contributed by atoms with van der Waals surface area (Å²) in [6, 6.07) is 14.1. The van der Waals surface area contributed by atoms with Crippen molar-refractivity contribution < 1.29 is 4.92 Å². The topological polar surface area (TPSA) is 67.2 Å². The SMILES string of the molecule is Cl.O=[N+]([O-])c1ccc(NCCNCc2ccccc2Cl)cc1. The predicted octanol–water partition coefficient (Wildman–Crippen LogP) is 3.87. The van der Waals surface area contributed by atoms with Gasteiger partial charge in [0.05, 0.1) is 4.92 Å². The highest BCUT2D eigenvalue weighted by Gasteiger charge is 2.03. The molecule has 0 aliphatic heterocycles. The summed E-state index contributed by atoms with van der Waals surface area (Å²) in [5, 5.41) is 17.8. The Kier molecular flexibility index (Phi) is 7.66. The Balaban J connectivity index is 0.00000242. The molecule has 0 atom stereocenters. The first kappa shape index (κ1) is 18.2. The summed E-state index contributed by atoms with van der Waals surface area (Å²) in [6.07, 6.45) is 0. The van der Waals surface area contributed by atoms with E-state index in [-0.39, 0.29) is 18.1 Å². The molecule has 0 heterocycles. The number of anilines is 1. The highest BCUT2D eigenvalue weighted by molar-refractivity contribution is 6.31. The second kappa shape index (κ2) is 9.25. The largest absolute Gasteiger partial charge is 0.384 e. The number of hydrogen-bond donors (Lipinski definition) is 2. The lowest BCUT2D eigenvalue weighted by atomic mass is 10.2.